The van der Waals surface area contributed by atoms with Gasteiger partial charge in [-0.1, -0.05) is 44.2 Å². The first-order valence-corrected chi connectivity index (χ1v) is 10.9. The van der Waals surface area contributed by atoms with Gasteiger partial charge in [0.25, 0.3) is 0 Å². The normalized spacial score (nSPS) is 13.3. The third kappa shape index (κ3) is 5.84. The number of nitrogens with zero attached hydrogens (tertiary/aromatic N) is 1. The molecular weight excluding hydrogens is 409 g/mol. The Morgan fingerprint density at radius 3 is 2.25 bits per heavy atom. The van der Waals surface area contributed by atoms with Crippen LogP contribution in [0.5, 0.6) is 0 Å². The first kappa shape index (κ1) is 23.7. The molecule has 5 nitrogen and oxygen atoms in total. The largest absolute Gasteiger partial charge is 0.481 e. The van der Waals surface area contributed by atoms with E-state index in [1.54, 1.807) is 12.1 Å². The Morgan fingerprint density at radius 2 is 1.66 bits per heavy atom. The molecule has 6 heteroatoms. The number of carboxylic acid groups (broad SMARTS) is 1. The molecule has 2 aromatic carbocycles. The molecule has 0 radical (unpaired) electrons. The topological polar surface area (TPSA) is 82.7 Å². The number of aliphatic carboxylic acids is 1. The maximum absolute atomic E-state index is 13.5. The Kier molecular flexibility index (Phi) is 7.83. The second-order valence-electron chi connectivity index (χ2n) is 8.45. The Hall–Kier alpha value is -2.96. The van der Waals surface area contributed by atoms with Crippen LogP contribution in [0.15, 0.2) is 60.8 Å². The third-order valence-corrected chi connectivity index (χ3v) is 5.57. The first-order valence-electron chi connectivity index (χ1n) is 10.9. The molecule has 3 aromatic rings. The highest BCUT2D eigenvalue weighted by molar-refractivity contribution is 5.70. The van der Waals surface area contributed by atoms with Crippen LogP contribution < -0.4 is 0 Å². The summed E-state index contributed by atoms with van der Waals surface area (Å²) in [5.41, 5.74) is 5.04. The van der Waals surface area contributed by atoms with Crippen LogP contribution in [-0.4, -0.2) is 38.1 Å². The van der Waals surface area contributed by atoms with Crippen LogP contribution in [0.2, 0.25) is 0 Å². The average Bonchev–Trinajstić information content (AvgIpc) is 3.12. The van der Waals surface area contributed by atoms with Gasteiger partial charge in [-0.15, -0.1) is 0 Å². The van der Waals surface area contributed by atoms with Crippen molar-refractivity contribution in [2.24, 2.45) is 0 Å². The minimum atomic E-state index is -1.09. The summed E-state index contributed by atoms with van der Waals surface area (Å²) in [6, 6.07) is 16.3. The van der Waals surface area contributed by atoms with Crippen molar-refractivity contribution >= 4 is 5.97 Å². The Morgan fingerprint density at radius 1 is 1.00 bits per heavy atom. The van der Waals surface area contributed by atoms with E-state index in [0.29, 0.717) is 12.8 Å². The molecule has 1 heterocycles. The number of halogens is 1. The van der Waals surface area contributed by atoms with E-state index in [1.165, 1.54) is 12.1 Å². The van der Waals surface area contributed by atoms with E-state index >= 15 is 0 Å². The molecule has 0 bridgehead atoms. The van der Waals surface area contributed by atoms with Crippen molar-refractivity contribution in [2.75, 3.05) is 0 Å². The summed E-state index contributed by atoms with van der Waals surface area (Å²) in [7, 11) is 0. The van der Waals surface area contributed by atoms with E-state index in [9.17, 15) is 19.4 Å². The summed E-state index contributed by atoms with van der Waals surface area (Å²) in [5, 5.41) is 29.1. The highest BCUT2D eigenvalue weighted by Crippen LogP contribution is 2.35. The molecule has 0 aliphatic rings. The number of aliphatic hydroxyl groups is 2. The quantitative estimate of drug-likeness (QED) is 0.418. The monoisotopic (exact) mass is 439 g/mol. The van der Waals surface area contributed by atoms with Crippen LogP contribution >= 0.6 is 0 Å². The molecule has 0 spiro atoms. The molecule has 170 valence electrons. The number of hydrogen-bond acceptors (Lipinski definition) is 3. The number of carboxylic acids is 1. The van der Waals surface area contributed by atoms with E-state index in [4.69, 9.17) is 5.11 Å². The number of carbonyl (C=O) groups is 1. The molecular formula is C26H30FNO4. The van der Waals surface area contributed by atoms with Crippen LogP contribution in [0.1, 0.15) is 50.3 Å². The number of hydrogen-bond donors (Lipinski definition) is 3. The van der Waals surface area contributed by atoms with Gasteiger partial charge in [-0.2, -0.15) is 0 Å². The lowest BCUT2D eigenvalue weighted by Gasteiger charge is -2.18. The van der Waals surface area contributed by atoms with E-state index in [1.807, 2.05) is 30.3 Å². The number of benzene rings is 2. The lowest BCUT2D eigenvalue weighted by atomic mass is 9.93. The van der Waals surface area contributed by atoms with E-state index in [0.717, 1.165) is 28.1 Å². The van der Waals surface area contributed by atoms with Gasteiger partial charge in [-0.05, 0) is 60.6 Å². The molecule has 1 unspecified atom stereocenters. The van der Waals surface area contributed by atoms with E-state index in [-0.39, 0.29) is 24.6 Å². The van der Waals surface area contributed by atoms with Gasteiger partial charge in [-0.3, -0.25) is 4.79 Å². The molecule has 0 aliphatic carbocycles. The molecule has 0 aliphatic heterocycles. The molecule has 0 amide bonds. The summed E-state index contributed by atoms with van der Waals surface area (Å²) in [6.45, 7) is 4.22. The SMILES string of the molecule is CC(C)c1c(CCC(O)C[C@@H](O)CC(=O)O)c(-c2ccc(F)cc2)cn1-c1ccccc1. The van der Waals surface area contributed by atoms with Crippen molar-refractivity contribution < 1.29 is 24.5 Å². The zero-order valence-electron chi connectivity index (χ0n) is 18.4. The molecule has 3 rings (SSSR count). The predicted octanol–water partition coefficient (Wildman–Crippen LogP) is 4.93. The summed E-state index contributed by atoms with van der Waals surface area (Å²) in [4.78, 5) is 10.8. The van der Waals surface area contributed by atoms with Crippen LogP contribution in [-0.2, 0) is 11.2 Å². The zero-order chi connectivity index (χ0) is 23.3. The highest BCUT2D eigenvalue weighted by Gasteiger charge is 2.22. The van der Waals surface area contributed by atoms with Gasteiger partial charge in [0.2, 0.25) is 0 Å². The van der Waals surface area contributed by atoms with Crippen LogP contribution in [0, 0.1) is 5.82 Å². The summed E-state index contributed by atoms with van der Waals surface area (Å²) in [5.74, 6) is -1.20. The molecule has 0 fully saturated rings. The Labute approximate surface area is 187 Å². The van der Waals surface area contributed by atoms with Gasteiger partial charge >= 0.3 is 5.97 Å². The number of aliphatic hydroxyl groups excluding tert-OH is 2. The summed E-state index contributed by atoms with van der Waals surface area (Å²) in [6.07, 6.45) is 0.681. The number of para-hydroxylation sites is 1. The van der Waals surface area contributed by atoms with Crippen molar-refractivity contribution in [1.82, 2.24) is 4.57 Å². The second-order valence-corrected chi connectivity index (χ2v) is 8.45. The fourth-order valence-corrected chi connectivity index (χ4v) is 4.16. The molecule has 0 saturated carbocycles. The van der Waals surface area contributed by atoms with Crippen LogP contribution in [0.4, 0.5) is 4.39 Å². The van der Waals surface area contributed by atoms with Gasteiger partial charge in [0.05, 0.1) is 18.6 Å². The smallest absolute Gasteiger partial charge is 0.305 e. The van der Waals surface area contributed by atoms with Crippen molar-refractivity contribution in [3.63, 3.8) is 0 Å². The third-order valence-electron chi connectivity index (χ3n) is 5.57. The average molecular weight is 440 g/mol. The molecule has 3 N–H and O–H groups in total. The minimum absolute atomic E-state index is 0.00852. The van der Waals surface area contributed by atoms with Gasteiger partial charge in [0.15, 0.2) is 0 Å². The molecule has 2 atom stereocenters. The molecule has 0 saturated heterocycles. The van der Waals surface area contributed by atoms with Crippen molar-refractivity contribution in [3.8, 4) is 16.8 Å². The fraction of sp³-hybridized carbons (Fsp3) is 0.346. The van der Waals surface area contributed by atoms with Crippen molar-refractivity contribution in [3.05, 3.63) is 77.9 Å². The van der Waals surface area contributed by atoms with Gasteiger partial charge in [0, 0.05) is 23.1 Å². The van der Waals surface area contributed by atoms with Crippen LogP contribution in [0.25, 0.3) is 16.8 Å². The lowest BCUT2D eigenvalue weighted by molar-refractivity contribution is -0.139. The van der Waals surface area contributed by atoms with Gasteiger partial charge in [0.1, 0.15) is 5.82 Å². The molecule has 32 heavy (non-hydrogen) atoms. The highest BCUT2D eigenvalue weighted by atomic mass is 19.1. The van der Waals surface area contributed by atoms with Gasteiger partial charge in [-0.25, -0.2) is 4.39 Å². The van der Waals surface area contributed by atoms with Crippen LogP contribution in [0.3, 0.4) is 0 Å². The summed E-state index contributed by atoms with van der Waals surface area (Å²) >= 11 is 0. The van der Waals surface area contributed by atoms with E-state index < -0.39 is 18.2 Å². The minimum Gasteiger partial charge on any atom is -0.481 e. The lowest BCUT2D eigenvalue weighted by Crippen LogP contribution is -2.21. The van der Waals surface area contributed by atoms with Gasteiger partial charge < -0.3 is 19.9 Å². The number of aromatic nitrogens is 1. The fourth-order valence-electron chi connectivity index (χ4n) is 4.16. The summed E-state index contributed by atoms with van der Waals surface area (Å²) < 4.78 is 15.7. The zero-order valence-corrected chi connectivity index (χ0v) is 18.4. The maximum atomic E-state index is 13.5. The second kappa shape index (κ2) is 10.6. The first-order chi connectivity index (χ1) is 15.3. The Bertz CT molecular complexity index is 1030. The number of rotatable bonds is 10. The van der Waals surface area contributed by atoms with Crippen molar-refractivity contribution in [1.29, 1.82) is 0 Å². The van der Waals surface area contributed by atoms with E-state index in [2.05, 4.69) is 24.6 Å². The molecule has 1 aromatic heterocycles. The standard InChI is InChI=1S/C26H30FNO4/c1-17(2)26-23(13-12-21(29)14-22(30)15-25(31)32)24(18-8-10-19(27)11-9-18)16-28(26)20-6-4-3-5-7-20/h3-11,16-17,21-22,29-30H,12-15H2,1-2H3,(H,31,32)/t21?,22-/m1/s1. The predicted molar refractivity (Wildman–Crippen MR) is 122 cm³/mol. The maximum Gasteiger partial charge on any atom is 0.305 e. The Balaban J connectivity index is 1.97. The van der Waals surface area contributed by atoms with Crippen molar-refractivity contribution in [2.45, 2.75) is 57.7 Å².